The van der Waals surface area contributed by atoms with Crippen molar-refractivity contribution in [3.63, 3.8) is 0 Å². The van der Waals surface area contributed by atoms with Gasteiger partial charge in [-0.2, -0.15) is 0 Å². The molecule has 1 amide bonds. The summed E-state index contributed by atoms with van der Waals surface area (Å²) >= 11 is 2.78. The molecule has 0 fully saturated rings. The van der Waals surface area contributed by atoms with E-state index >= 15 is 0 Å². The Balaban J connectivity index is 3.24. The van der Waals surface area contributed by atoms with Crippen LogP contribution in [0.1, 0.15) is 10.4 Å². The number of benzene rings is 1. The lowest BCUT2D eigenvalue weighted by molar-refractivity contribution is -0.275. The maximum Gasteiger partial charge on any atom is 0.573 e. The molecule has 1 aromatic rings. The zero-order valence-electron chi connectivity index (χ0n) is 7.44. The predicted molar refractivity (Wildman–Crippen MR) is 49.3 cm³/mol. The van der Waals surface area contributed by atoms with Crippen LogP contribution in [0.4, 0.5) is 17.6 Å². The Morgan fingerprint density at radius 2 is 1.94 bits per heavy atom. The minimum atomic E-state index is -5.04. The Morgan fingerprint density at radius 1 is 1.38 bits per heavy atom. The lowest BCUT2D eigenvalue weighted by Crippen LogP contribution is -2.20. The molecule has 0 atom stereocenters. The van der Waals surface area contributed by atoms with E-state index in [0.717, 1.165) is 12.1 Å². The molecular weight excluding hydrogens is 298 g/mol. The van der Waals surface area contributed by atoms with Crippen LogP contribution in [0.5, 0.6) is 5.75 Å². The van der Waals surface area contributed by atoms with Crippen LogP contribution in [0.2, 0.25) is 0 Å². The van der Waals surface area contributed by atoms with Gasteiger partial charge in [0.1, 0.15) is 0 Å². The van der Waals surface area contributed by atoms with Gasteiger partial charge in [0, 0.05) is 4.47 Å². The summed E-state index contributed by atoms with van der Waals surface area (Å²) < 4.78 is 52.2. The number of nitrogens with two attached hydrogens (primary N) is 1. The van der Waals surface area contributed by atoms with Crippen molar-refractivity contribution in [2.24, 2.45) is 5.73 Å². The molecule has 0 saturated carbocycles. The molecule has 0 radical (unpaired) electrons. The number of primary amides is 1. The topological polar surface area (TPSA) is 52.3 Å². The van der Waals surface area contributed by atoms with Crippen molar-refractivity contribution < 1.29 is 27.1 Å². The van der Waals surface area contributed by atoms with Gasteiger partial charge in [-0.25, -0.2) is 4.39 Å². The molecule has 1 aromatic carbocycles. The molecule has 0 aliphatic heterocycles. The van der Waals surface area contributed by atoms with E-state index in [9.17, 15) is 22.4 Å². The maximum absolute atomic E-state index is 13.4. The Bertz CT molecular complexity index is 433. The highest BCUT2D eigenvalue weighted by molar-refractivity contribution is 9.10. The SMILES string of the molecule is NC(=O)c1c(Br)ccc(OC(F)(F)F)c1F. The molecule has 0 aliphatic carbocycles. The number of halogens is 5. The summed E-state index contributed by atoms with van der Waals surface area (Å²) in [7, 11) is 0. The van der Waals surface area contributed by atoms with Crippen molar-refractivity contribution in [3.05, 3.63) is 28.0 Å². The molecule has 0 aromatic heterocycles. The molecule has 88 valence electrons. The van der Waals surface area contributed by atoms with Gasteiger partial charge in [-0.3, -0.25) is 4.79 Å². The summed E-state index contributed by atoms with van der Waals surface area (Å²) in [4.78, 5) is 10.8. The van der Waals surface area contributed by atoms with Crippen LogP contribution in [-0.4, -0.2) is 12.3 Å². The molecule has 0 heterocycles. The number of hydrogen-bond acceptors (Lipinski definition) is 2. The van der Waals surface area contributed by atoms with Gasteiger partial charge in [0.15, 0.2) is 11.6 Å². The van der Waals surface area contributed by atoms with Gasteiger partial charge in [0.25, 0.3) is 5.91 Å². The van der Waals surface area contributed by atoms with Gasteiger partial charge < -0.3 is 10.5 Å². The third-order valence-electron chi connectivity index (χ3n) is 1.53. The van der Waals surface area contributed by atoms with E-state index in [1.54, 1.807) is 0 Å². The average Bonchev–Trinajstić information content (AvgIpc) is 2.07. The number of hydrogen-bond donors (Lipinski definition) is 1. The van der Waals surface area contributed by atoms with Crippen molar-refractivity contribution in [2.75, 3.05) is 0 Å². The number of rotatable bonds is 2. The van der Waals surface area contributed by atoms with Crippen molar-refractivity contribution in [2.45, 2.75) is 6.36 Å². The van der Waals surface area contributed by atoms with Gasteiger partial charge in [-0.05, 0) is 28.1 Å². The van der Waals surface area contributed by atoms with Crippen LogP contribution in [0.25, 0.3) is 0 Å². The first-order chi connectivity index (χ1) is 7.22. The van der Waals surface area contributed by atoms with Crippen molar-refractivity contribution in [3.8, 4) is 5.75 Å². The highest BCUT2D eigenvalue weighted by Gasteiger charge is 2.33. The van der Waals surface area contributed by atoms with Crippen LogP contribution >= 0.6 is 15.9 Å². The van der Waals surface area contributed by atoms with E-state index < -0.39 is 29.4 Å². The minimum absolute atomic E-state index is 0.0491. The second-order valence-corrected chi connectivity index (χ2v) is 3.50. The van der Waals surface area contributed by atoms with Crippen LogP contribution in [0.3, 0.4) is 0 Å². The Kier molecular flexibility index (Phi) is 3.41. The first-order valence-electron chi connectivity index (χ1n) is 3.76. The van der Waals surface area contributed by atoms with Gasteiger partial charge in [-0.15, -0.1) is 13.2 Å². The fourth-order valence-electron chi connectivity index (χ4n) is 0.963. The van der Waals surface area contributed by atoms with E-state index in [2.05, 4.69) is 20.7 Å². The van der Waals surface area contributed by atoms with Gasteiger partial charge in [-0.1, -0.05) is 0 Å². The summed E-state index contributed by atoms with van der Waals surface area (Å²) in [5.74, 6) is -3.76. The number of ether oxygens (including phenoxy) is 1. The standard InChI is InChI=1S/C8H4BrF4NO2/c9-3-1-2-4(16-8(11,12)13)6(10)5(3)7(14)15/h1-2H,(H2,14,15). The molecule has 0 unspecified atom stereocenters. The van der Waals surface area contributed by atoms with Gasteiger partial charge in [0.2, 0.25) is 0 Å². The van der Waals surface area contributed by atoms with Crippen LogP contribution in [0, 0.1) is 5.82 Å². The van der Waals surface area contributed by atoms with Crippen molar-refractivity contribution in [1.82, 2.24) is 0 Å². The predicted octanol–water partition coefficient (Wildman–Crippen LogP) is 2.59. The first-order valence-corrected chi connectivity index (χ1v) is 4.55. The lowest BCUT2D eigenvalue weighted by atomic mass is 10.2. The molecule has 0 aliphatic rings. The molecule has 16 heavy (non-hydrogen) atoms. The Labute approximate surface area is 95.3 Å². The summed E-state index contributed by atoms with van der Waals surface area (Å²) in [5, 5.41) is 0. The summed E-state index contributed by atoms with van der Waals surface area (Å²) in [6.07, 6.45) is -5.04. The maximum atomic E-state index is 13.4. The number of carbonyl (C=O) groups is 1. The van der Waals surface area contributed by atoms with E-state index in [0.29, 0.717) is 0 Å². The van der Waals surface area contributed by atoms with E-state index in [4.69, 9.17) is 5.73 Å². The smallest absolute Gasteiger partial charge is 0.403 e. The summed E-state index contributed by atoms with van der Waals surface area (Å²) in [5.41, 5.74) is 4.11. The van der Waals surface area contributed by atoms with Gasteiger partial charge in [0.05, 0.1) is 5.56 Å². The normalized spacial score (nSPS) is 11.3. The average molecular weight is 302 g/mol. The first kappa shape index (κ1) is 12.8. The lowest BCUT2D eigenvalue weighted by Gasteiger charge is -2.11. The second kappa shape index (κ2) is 4.28. The van der Waals surface area contributed by atoms with E-state index in [1.165, 1.54) is 0 Å². The quantitative estimate of drug-likeness (QED) is 0.854. The zero-order valence-corrected chi connectivity index (χ0v) is 9.02. The molecule has 0 saturated heterocycles. The molecule has 3 nitrogen and oxygen atoms in total. The van der Waals surface area contributed by atoms with E-state index in [1.807, 2.05) is 0 Å². The summed E-state index contributed by atoms with van der Waals surface area (Å²) in [6, 6.07) is 1.77. The largest absolute Gasteiger partial charge is 0.573 e. The minimum Gasteiger partial charge on any atom is -0.403 e. The molecule has 0 spiro atoms. The van der Waals surface area contributed by atoms with Crippen LogP contribution in [-0.2, 0) is 0 Å². The molecule has 8 heteroatoms. The Morgan fingerprint density at radius 3 is 2.38 bits per heavy atom. The monoisotopic (exact) mass is 301 g/mol. The highest BCUT2D eigenvalue weighted by atomic mass is 79.9. The second-order valence-electron chi connectivity index (χ2n) is 2.65. The fraction of sp³-hybridized carbons (Fsp3) is 0.125. The number of alkyl halides is 3. The van der Waals surface area contributed by atoms with E-state index in [-0.39, 0.29) is 4.47 Å². The number of amides is 1. The van der Waals surface area contributed by atoms with Gasteiger partial charge >= 0.3 is 6.36 Å². The van der Waals surface area contributed by atoms with Crippen molar-refractivity contribution in [1.29, 1.82) is 0 Å². The van der Waals surface area contributed by atoms with Crippen molar-refractivity contribution >= 4 is 21.8 Å². The van der Waals surface area contributed by atoms with Crippen LogP contribution in [0.15, 0.2) is 16.6 Å². The molecule has 2 N–H and O–H groups in total. The Hall–Kier alpha value is -1.31. The molecule has 0 bridgehead atoms. The van der Waals surface area contributed by atoms with Crippen LogP contribution < -0.4 is 10.5 Å². The third kappa shape index (κ3) is 2.84. The number of carbonyl (C=O) groups excluding carboxylic acids is 1. The zero-order chi connectivity index (χ0) is 12.5. The molecular formula is C8H4BrF4NO2. The third-order valence-corrected chi connectivity index (χ3v) is 2.19. The molecule has 1 rings (SSSR count). The fourth-order valence-corrected chi connectivity index (χ4v) is 1.46. The highest BCUT2D eigenvalue weighted by Crippen LogP contribution is 2.31. The summed E-state index contributed by atoms with van der Waals surface area (Å²) in [6.45, 7) is 0.